The topological polar surface area (TPSA) is 75.3 Å². The van der Waals surface area contributed by atoms with Gasteiger partial charge in [-0.1, -0.05) is 18.2 Å². The third-order valence-electron chi connectivity index (χ3n) is 2.72. The highest BCUT2D eigenvalue weighted by Gasteiger charge is 2.20. The number of nitrogens with one attached hydrogen (secondary N) is 2. The van der Waals surface area contributed by atoms with Crippen molar-refractivity contribution in [2.75, 3.05) is 11.8 Å². The minimum Gasteiger partial charge on any atom is -0.359 e. The quantitative estimate of drug-likeness (QED) is 0.826. The van der Waals surface area contributed by atoms with E-state index in [0.29, 0.717) is 15.7 Å². The highest BCUT2D eigenvalue weighted by Crippen LogP contribution is 2.30. The lowest BCUT2D eigenvalue weighted by molar-refractivity contribution is -0.119. The highest BCUT2D eigenvalue weighted by atomic mass is 79.9. The van der Waals surface area contributed by atoms with Crippen molar-refractivity contribution in [1.82, 2.24) is 5.32 Å². The van der Waals surface area contributed by atoms with Crippen LogP contribution < -0.4 is 10.0 Å². The van der Waals surface area contributed by atoms with E-state index in [1.54, 1.807) is 35.7 Å². The zero-order valence-electron chi connectivity index (χ0n) is 11.1. The van der Waals surface area contributed by atoms with Crippen LogP contribution in [0.3, 0.4) is 0 Å². The van der Waals surface area contributed by atoms with Crippen LogP contribution >= 0.6 is 27.3 Å². The number of rotatable bonds is 5. The molecule has 0 bridgehead atoms. The molecule has 0 unspecified atom stereocenters. The van der Waals surface area contributed by atoms with Gasteiger partial charge in [0.25, 0.3) is 10.0 Å². The molecule has 0 saturated carbocycles. The van der Waals surface area contributed by atoms with E-state index in [1.807, 2.05) is 0 Å². The number of carbonyl (C=O) groups is 1. The summed E-state index contributed by atoms with van der Waals surface area (Å²) in [5, 5.41) is 4.21. The number of thiophene rings is 1. The maximum absolute atomic E-state index is 12.4. The zero-order valence-corrected chi connectivity index (χ0v) is 14.3. The Hall–Kier alpha value is -1.38. The monoisotopic (exact) mass is 388 g/mol. The van der Waals surface area contributed by atoms with Gasteiger partial charge in [0.1, 0.15) is 0 Å². The van der Waals surface area contributed by atoms with Crippen LogP contribution in [-0.4, -0.2) is 21.4 Å². The van der Waals surface area contributed by atoms with E-state index < -0.39 is 10.0 Å². The van der Waals surface area contributed by atoms with Crippen LogP contribution in [0.1, 0.15) is 5.56 Å². The molecule has 1 amide bonds. The lowest BCUT2D eigenvalue weighted by atomic mass is 10.1. The van der Waals surface area contributed by atoms with Crippen LogP contribution in [0, 0.1) is 0 Å². The molecule has 2 rings (SSSR count). The fraction of sp³-hybridized carbons (Fsp3) is 0.154. The summed E-state index contributed by atoms with van der Waals surface area (Å²) in [6.07, 6.45) is 0.112. The lowest BCUT2D eigenvalue weighted by Gasteiger charge is -2.11. The van der Waals surface area contributed by atoms with Crippen molar-refractivity contribution in [3.63, 3.8) is 0 Å². The molecule has 0 spiro atoms. The number of amides is 1. The van der Waals surface area contributed by atoms with Crippen molar-refractivity contribution in [2.24, 2.45) is 0 Å². The van der Waals surface area contributed by atoms with Crippen LogP contribution in [-0.2, 0) is 21.2 Å². The van der Waals surface area contributed by atoms with Crippen LogP contribution in [0.4, 0.5) is 5.69 Å². The fourth-order valence-corrected chi connectivity index (χ4v) is 5.14. The number of anilines is 1. The molecular weight excluding hydrogens is 376 g/mol. The molecule has 1 aromatic heterocycles. The highest BCUT2D eigenvalue weighted by molar-refractivity contribution is 9.10. The normalized spacial score (nSPS) is 11.1. The summed E-state index contributed by atoms with van der Waals surface area (Å²) in [6.45, 7) is 0. The van der Waals surface area contributed by atoms with Gasteiger partial charge in [0.05, 0.1) is 12.1 Å². The Morgan fingerprint density at radius 3 is 2.62 bits per heavy atom. The molecule has 0 radical (unpaired) electrons. The van der Waals surface area contributed by atoms with E-state index in [4.69, 9.17) is 0 Å². The second-order valence-corrected chi connectivity index (χ2v) is 7.82. The third-order valence-corrected chi connectivity index (χ3v) is 6.76. The van der Waals surface area contributed by atoms with Crippen LogP contribution in [0.25, 0.3) is 0 Å². The van der Waals surface area contributed by atoms with Gasteiger partial charge in [0.15, 0.2) is 4.21 Å². The molecule has 0 atom stereocenters. The average molecular weight is 389 g/mol. The minimum atomic E-state index is -3.68. The second-order valence-electron chi connectivity index (χ2n) is 4.17. The molecule has 5 nitrogen and oxygen atoms in total. The van der Waals surface area contributed by atoms with Gasteiger partial charge >= 0.3 is 0 Å². The lowest BCUT2D eigenvalue weighted by Crippen LogP contribution is -2.21. The first-order valence-corrected chi connectivity index (χ1v) is 9.14. The molecule has 0 saturated heterocycles. The predicted molar refractivity (Wildman–Crippen MR) is 87.0 cm³/mol. The summed E-state index contributed by atoms with van der Waals surface area (Å²) >= 11 is 4.34. The van der Waals surface area contributed by atoms with Gasteiger partial charge in [0.2, 0.25) is 5.91 Å². The number of hydrogen-bond donors (Lipinski definition) is 2. The molecular formula is C13H13BrN2O3S2. The van der Waals surface area contributed by atoms with E-state index in [2.05, 4.69) is 26.0 Å². The minimum absolute atomic E-state index is 0.112. The van der Waals surface area contributed by atoms with E-state index in [0.717, 1.165) is 11.3 Å². The van der Waals surface area contributed by atoms with E-state index in [9.17, 15) is 13.2 Å². The predicted octanol–water partition coefficient (Wildman–Crippen LogP) is 2.60. The van der Waals surface area contributed by atoms with Crippen molar-refractivity contribution in [2.45, 2.75) is 10.6 Å². The summed E-state index contributed by atoms with van der Waals surface area (Å²) in [5.74, 6) is -0.182. The SMILES string of the molecule is CNC(=O)Cc1ccccc1NS(=O)(=O)c1sccc1Br. The molecule has 8 heteroatoms. The molecule has 1 heterocycles. The molecule has 0 aliphatic rings. The van der Waals surface area contributed by atoms with Crippen molar-refractivity contribution in [3.8, 4) is 0 Å². The summed E-state index contributed by atoms with van der Waals surface area (Å²) < 4.78 is 28.0. The molecule has 0 fully saturated rings. The van der Waals surface area contributed by atoms with Crippen LogP contribution in [0.15, 0.2) is 44.4 Å². The summed E-state index contributed by atoms with van der Waals surface area (Å²) in [5.41, 5.74) is 1.02. The van der Waals surface area contributed by atoms with Gasteiger partial charge in [-0.05, 0) is 39.0 Å². The van der Waals surface area contributed by atoms with Gasteiger partial charge in [-0.15, -0.1) is 11.3 Å². The summed E-state index contributed by atoms with van der Waals surface area (Å²) in [7, 11) is -2.14. The van der Waals surface area contributed by atoms with Crippen molar-refractivity contribution >= 4 is 48.9 Å². The van der Waals surface area contributed by atoms with Gasteiger partial charge < -0.3 is 5.32 Å². The van der Waals surface area contributed by atoms with E-state index in [-0.39, 0.29) is 16.5 Å². The Bertz CT molecular complexity index is 756. The zero-order chi connectivity index (χ0) is 15.5. The molecule has 1 aromatic carbocycles. The number of carbonyl (C=O) groups excluding carboxylic acids is 1. The Balaban J connectivity index is 2.32. The second kappa shape index (κ2) is 6.59. The standard InChI is InChI=1S/C13H13BrN2O3S2/c1-15-12(17)8-9-4-2-3-5-11(9)16-21(18,19)13-10(14)6-7-20-13/h2-7,16H,8H2,1H3,(H,15,17). The van der Waals surface area contributed by atoms with Gasteiger partial charge in [-0.3, -0.25) is 9.52 Å². The number of benzene rings is 1. The first-order chi connectivity index (χ1) is 9.94. The van der Waals surface area contributed by atoms with Crippen molar-refractivity contribution in [3.05, 3.63) is 45.7 Å². The molecule has 0 aliphatic carbocycles. The number of sulfonamides is 1. The number of halogens is 1. The van der Waals surface area contributed by atoms with Gasteiger partial charge in [0, 0.05) is 11.5 Å². The maximum Gasteiger partial charge on any atom is 0.272 e. The van der Waals surface area contributed by atoms with Gasteiger partial charge in [-0.2, -0.15) is 0 Å². The Morgan fingerprint density at radius 1 is 1.29 bits per heavy atom. The molecule has 2 N–H and O–H groups in total. The molecule has 0 aliphatic heterocycles. The molecule has 112 valence electrons. The first kappa shape index (κ1) is 16.0. The Morgan fingerprint density at radius 2 is 2.00 bits per heavy atom. The molecule has 21 heavy (non-hydrogen) atoms. The van der Waals surface area contributed by atoms with E-state index >= 15 is 0 Å². The van der Waals surface area contributed by atoms with Gasteiger partial charge in [-0.25, -0.2) is 8.42 Å². The van der Waals surface area contributed by atoms with Crippen molar-refractivity contribution < 1.29 is 13.2 Å². The van der Waals surface area contributed by atoms with Crippen molar-refractivity contribution in [1.29, 1.82) is 0 Å². The Labute approximate surface area is 135 Å². The van der Waals surface area contributed by atoms with E-state index in [1.165, 1.54) is 7.05 Å². The number of hydrogen-bond acceptors (Lipinski definition) is 4. The smallest absolute Gasteiger partial charge is 0.272 e. The maximum atomic E-state index is 12.4. The molecule has 2 aromatic rings. The average Bonchev–Trinajstić information content (AvgIpc) is 2.87. The van der Waals surface area contributed by atoms with Crippen LogP contribution in [0.2, 0.25) is 0 Å². The largest absolute Gasteiger partial charge is 0.359 e. The summed E-state index contributed by atoms with van der Waals surface area (Å²) in [6, 6.07) is 8.51. The van der Waals surface area contributed by atoms with Crippen LogP contribution in [0.5, 0.6) is 0 Å². The third kappa shape index (κ3) is 3.84. The first-order valence-electron chi connectivity index (χ1n) is 5.98. The Kier molecular flexibility index (Phi) is 5.02. The number of para-hydroxylation sites is 1. The number of likely N-dealkylation sites (N-methyl/N-ethyl adjacent to an activating group) is 1. The summed E-state index contributed by atoms with van der Waals surface area (Å²) in [4.78, 5) is 11.5. The fourth-order valence-electron chi connectivity index (χ4n) is 1.70.